The lowest BCUT2D eigenvalue weighted by Crippen LogP contribution is -2.53. The number of carbonyl (C=O) groups is 3. The number of carbonyl (C=O) groups excluding carboxylic acids is 3. The number of ether oxygens (including phenoxy) is 2. The summed E-state index contributed by atoms with van der Waals surface area (Å²) in [7, 11) is 0. The van der Waals surface area contributed by atoms with Gasteiger partial charge in [0.25, 0.3) is 5.91 Å². The molecule has 11 heteroatoms. The van der Waals surface area contributed by atoms with Gasteiger partial charge in [-0.3, -0.25) is 9.59 Å². The Hall–Kier alpha value is -5.16. The van der Waals surface area contributed by atoms with Crippen LogP contribution in [0.2, 0.25) is 0 Å². The zero-order chi connectivity index (χ0) is 35.8. The van der Waals surface area contributed by atoms with Crippen LogP contribution in [0, 0.1) is 5.92 Å². The second kappa shape index (κ2) is 15.8. The number of aliphatic imine (C=N–C) groups is 1. The summed E-state index contributed by atoms with van der Waals surface area (Å²) >= 11 is 1.82. The van der Waals surface area contributed by atoms with Gasteiger partial charge in [0.2, 0.25) is 17.7 Å². The SMILES string of the molecule is CC(C)[C@@H]1NC(=O)[C@]2(C)COC(=N2)c2coc(n2)CNC(=O)C[C@@H](C=CCCSC(c2ccccc2)(c2ccccc2)c2ccccc2)OC1=O. The number of aromatic nitrogens is 1. The molecule has 4 aromatic rings. The van der Waals surface area contributed by atoms with Gasteiger partial charge in [0, 0.05) is 0 Å². The number of fused-ring (bicyclic) bond motifs is 4. The van der Waals surface area contributed by atoms with Crippen LogP contribution in [0.3, 0.4) is 0 Å². The molecule has 3 aromatic carbocycles. The van der Waals surface area contributed by atoms with Crippen molar-refractivity contribution in [3.8, 4) is 0 Å². The van der Waals surface area contributed by atoms with Gasteiger partial charge in [-0.25, -0.2) is 14.8 Å². The van der Waals surface area contributed by atoms with E-state index in [0.29, 0.717) is 12.1 Å². The van der Waals surface area contributed by atoms with Crippen LogP contribution < -0.4 is 10.6 Å². The number of cyclic esters (lactones) is 1. The van der Waals surface area contributed by atoms with Crippen LogP contribution in [-0.2, 0) is 35.1 Å². The standard InChI is InChI=1S/C40H42N4O6S/c1-27(2)35-37(46)50-31(23-33(45)41-24-34-42-32(25-48-34)36-44-39(3,26-49-36)38(47)43-35)21-13-14-22-51-40(28-15-7-4-8-16-28,29-17-9-5-10-18-29)30-19-11-6-12-20-30/h4-13,15-21,25,27,31,35H,14,22-24,26H2,1-3H3,(H,41,45)(H,43,47)/t31-,35+,39+/m1/s1. The molecular weight excluding hydrogens is 665 g/mol. The number of amides is 2. The minimum absolute atomic E-state index is 0.0139. The highest BCUT2D eigenvalue weighted by Gasteiger charge is 2.43. The van der Waals surface area contributed by atoms with E-state index in [0.717, 1.165) is 5.75 Å². The molecule has 10 nitrogen and oxygen atoms in total. The highest BCUT2D eigenvalue weighted by molar-refractivity contribution is 8.00. The minimum Gasteiger partial charge on any atom is -0.473 e. The number of allylic oxidation sites excluding steroid dienone is 1. The molecule has 1 aromatic heterocycles. The number of hydrogen-bond acceptors (Lipinski definition) is 9. The third-order valence-electron chi connectivity index (χ3n) is 8.89. The summed E-state index contributed by atoms with van der Waals surface area (Å²) in [6.07, 6.45) is 4.69. The Morgan fingerprint density at radius 3 is 2.14 bits per heavy atom. The fraction of sp³-hybridized carbons (Fsp3) is 0.325. The first kappa shape index (κ1) is 35.7. The van der Waals surface area contributed by atoms with Crippen molar-refractivity contribution in [2.24, 2.45) is 10.9 Å². The lowest BCUT2D eigenvalue weighted by molar-refractivity contribution is -0.153. The van der Waals surface area contributed by atoms with Gasteiger partial charge in [0.15, 0.2) is 11.2 Å². The van der Waals surface area contributed by atoms with Crippen LogP contribution in [0.1, 0.15) is 61.9 Å². The molecule has 6 rings (SSSR count). The van der Waals surface area contributed by atoms with Crippen LogP contribution in [0.25, 0.3) is 0 Å². The number of nitrogens with one attached hydrogen (secondary N) is 2. The number of nitrogens with zero attached hydrogens (tertiary/aromatic N) is 2. The number of oxazole rings is 1. The maximum absolute atomic E-state index is 13.6. The highest BCUT2D eigenvalue weighted by atomic mass is 32.2. The summed E-state index contributed by atoms with van der Waals surface area (Å²) in [5.74, 6) is -0.657. The van der Waals surface area contributed by atoms with Gasteiger partial charge in [-0.1, -0.05) is 111 Å². The van der Waals surface area contributed by atoms with E-state index in [1.54, 1.807) is 13.0 Å². The topological polar surface area (TPSA) is 132 Å². The Morgan fingerprint density at radius 2 is 1.55 bits per heavy atom. The molecule has 3 atom stereocenters. The summed E-state index contributed by atoms with van der Waals surface area (Å²) < 4.78 is 16.7. The van der Waals surface area contributed by atoms with E-state index >= 15 is 0 Å². The molecule has 0 spiro atoms. The second-order valence-electron chi connectivity index (χ2n) is 13.1. The van der Waals surface area contributed by atoms with Gasteiger partial charge in [-0.05, 0) is 47.8 Å². The normalized spacial score (nSPS) is 21.5. The van der Waals surface area contributed by atoms with Crippen molar-refractivity contribution in [1.82, 2.24) is 15.6 Å². The molecule has 0 radical (unpaired) electrons. The lowest BCUT2D eigenvalue weighted by atomic mass is 9.84. The van der Waals surface area contributed by atoms with Crippen molar-refractivity contribution in [2.75, 3.05) is 12.4 Å². The summed E-state index contributed by atoms with van der Waals surface area (Å²) in [6.45, 7) is 5.25. The Kier molecular flexibility index (Phi) is 11.1. The Morgan fingerprint density at radius 1 is 0.941 bits per heavy atom. The van der Waals surface area contributed by atoms with Gasteiger partial charge in [-0.2, -0.15) is 0 Å². The predicted octanol–water partition coefficient (Wildman–Crippen LogP) is 5.95. The van der Waals surface area contributed by atoms with Crippen molar-refractivity contribution in [3.63, 3.8) is 0 Å². The molecule has 0 fully saturated rings. The maximum Gasteiger partial charge on any atom is 0.329 e. The summed E-state index contributed by atoms with van der Waals surface area (Å²) in [4.78, 5) is 49.0. The quantitative estimate of drug-likeness (QED) is 0.0945. The zero-order valence-corrected chi connectivity index (χ0v) is 29.7. The third kappa shape index (κ3) is 8.09. The molecule has 2 amide bonds. The van der Waals surface area contributed by atoms with Crippen molar-refractivity contribution >= 4 is 35.4 Å². The van der Waals surface area contributed by atoms with E-state index < -0.39 is 34.3 Å². The first-order chi connectivity index (χ1) is 24.7. The molecule has 0 saturated carbocycles. The average molecular weight is 707 g/mol. The van der Waals surface area contributed by atoms with E-state index in [1.807, 2.05) is 49.9 Å². The van der Waals surface area contributed by atoms with Crippen LogP contribution in [-0.4, -0.2) is 58.7 Å². The zero-order valence-electron chi connectivity index (χ0n) is 28.9. The molecule has 0 unspecified atom stereocenters. The summed E-state index contributed by atoms with van der Waals surface area (Å²) in [6, 6.07) is 30.4. The van der Waals surface area contributed by atoms with Crippen molar-refractivity contribution in [1.29, 1.82) is 0 Å². The fourth-order valence-corrected chi connectivity index (χ4v) is 7.60. The molecule has 51 heavy (non-hydrogen) atoms. The van der Waals surface area contributed by atoms with E-state index in [4.69, 9.17) is 13.9 Å². The van der Waals surface area contributed by atoms with Gasteiger partial charge < -0.3 is 24.5 Å². The summed E-state index contributed by atoms with van der Waals surface area (Å²) in [5.41, 5.74) is 2.54. The highest BCUT2D eigenvalue weighted by Crippen LogP contribution is 2.48. The van der Waals surface area contributed by atoms with Gasteiger partial charge in [0.1, 0.15) is 25.0 Å². The molecule has 0 saturated heterocycles. The Bertz CT molecular complexity index is 1780. The molecule has 3 heterocycles. The first-order valence-corrected chi connectivity index (χ1v) is 18.1. The number of rotatable bonds is 9. The minimum atomic E-state index is -1.28. The number of hydrogen-bond donors (Lipinski definition) is 2. The fourth-order valence-electron chi connectivity index (χ4n) is 6.13. The Labute approximate surface area is 302 Å². The molecule has 264 valence electrons. The number of thioether (sulfide) groups is 1. The van der Waals surface area contributed by atoms with Gasteiger partial charge in [-0.15, -0.1) is 11.8 Å². The number of esters is 1. The second-order valence-corrected chi connectivity index (χ2v) is 14.4. The molecule has 2 aliphatic heterocycles. The Balaban J connectivity index is 1.23. The lowest BCUT2D eigenvalue weighted by Gasteiger charge is -2.35. The summed E-state index contributed by atoms with van der Waals surface area (Å²) in [5, 5.41) is 5.61. The van der Waals surface area contributed by atoms with Crippen LogP contribution >= 0.6 is 11.8 Å². The third-order valence-corrected chi connectivity index (χ3v) is 10.5. The van der Waals surface area contributed by atoms with Crippen molar-refractivity contribution < 1.29 is 28.3 Å². The van der Waals surface area contributed by atoms with E-state index in [2.05, 4.69) is 93.4 Å². The number of benzene rings is 3. The largest absolute Gasteiger partial charge is 0.473 e. The van der Waals surface area contributed by atoms with Crippen LogP contribution in [0.4, 0.5) is 0 Å². The monoisotopic (exact) mass is 706 g/mol. The smallest absolute Gasteiger partial charge is 0.329 e. The molecule has 4 bridgehead atoms. The van der Waals surface area contributed by atoms with Crippen LogP contribution in [0.15, 0.2) is 119 Å². The van der Waals surface area contributed by atoms with Crippen molar-refractivity contribution in [2.45, 2.75) is 62.6 Å². The molecule has 0 aliphatic carbocycles. The van der Waals surface area contributed by atoms with E-state index in [-0.39, 0.29) is 43.2 Å². The van der Waals surface area contributed by atoms with Crippen LogP contribution in [0.5, 0.6) is 0 Å². The van der Waals surface area contributed by atoms with Gasteiger partial charge >= 0.3 is 5.97 Å². The molecular formula is C40H42N4O6S. The molecule has 2 N–H and O–H groups in total. The predicted molar refractivity (Wildman–Crippen MR) is 196 cm³/mol. The first-order valence-electron chi connectivity index (χ1n) is 17.1. The average Bonchev–Trinajstić information content (AvgIpc) is 3.79. The van der Waals surface area contributed by atoms with Gasteiger partial charge in [0.05, 0.1) is 17.7 Å². The molecule has 2 aliphatic rings. The van der Waals surface area contributed by atoms with E-state index in [1.165, 1.54) is 23.0 Å². The van der Waals surface area contributed by atoms with E-state index in [9.17, 15) is 14.4 Å². The maximum atomic E-state index is 13.6. The van der Waals surface area contributed by atoms with Crippen molar-refractivity contribution in [3.05, 3.63) is 138 Å².